The van der Waals surface area contributed by atoms with Gasteiger partial charge in [-0.3, -0.25) is 9.35 Å². The van der Waals surface area contributed by atoms with E-state index < -0.39 is 22.2 Å². The first-order chi connectivity index (χ1) is 4.33. The smallest absolute Gasteiger partial charge is 1.00 e. The Morgan fingerprint density at radius 3 is 1.91 bits per heavy atom. The Labute approximate surface area is 76.5 Å². The second kappa shape index (κ2) is 4.51. The zero-order valence-corrected chi connectivity index (χ0v) is 6.71. The summed E-state index contributed by atoms with van der Waals surface area (Å²) >= 11 is 0. The van der Waals surface area contributed by atoms with Gasteiger partial charge in [-0.05, 0) is 0 Å². The largest absolute Gasteiger partial charge is 1.00 e. The first kappa shape index (κ1) is 13.3. The van der Waals surface area contributed by atoms with Gasteiger partial charge in [0.1, 0.15) is 0 Å². The van der Waals surface area contributed by atoms with Crippen molar-refractivity contribution in [2.24, 2.45) is 0 Å². The molecule has 0 aliphatic heterocycles. The summed E-state index contributed by atoms with van der Waals surface area (Å²) in [5.41, 5.74) is 0. The van der Waals surface area contributed by atoms with Gasteiger partial charge in [0, 0.05) is 6.92 Å². The van der Waals surface area contributed by atoms with Crippen LogP contribution in [0.1, 0.15) is 8.35 Å². The fourth-order valence-electron chi connectivity index (χ4n) is 0.154. The number of ketones is 1. The van der Waals surface area contributed by atoms with Crippen molar-refractivity contribution in [3.63, 3.8) is 0 Å². The average molecular weight is 176 g/mol. The van der Waals surface area contributed by atoms with E-state index in [4.69, 9.17) is 4.55 Å². The molecule has 1 N–H and O–H groups in total. The maximum absolute atomic E-state index is 10.0. The molecular formula is C3H5LiO6S. The molecule has 0 aliphatic carbocycles. The number of carbonyl (C=O) groups is 2. The Kier molecular flexibility index (Phi) is 5.43. The molecule has 0 rings (SSSR count). The molecule has 0 amide bonds. The summed E-state index contributed by atoms with van der Waals surface area (Å²) in [6, 6.07) is 0. The van der Waals surface area contributed by atoms with Gasteiger partial charge in [-0.1, -0.05) is 0 Å². The van der Waals surface area contributed by atoms with Crippen molar-refractivity contribution >= 4 is 22.2 Å². The molecule has 11 heavy (non-hydrogen) atoms. The molecule has 0 heterocycles. The van der Waals surface area contributed by atoms with Gasteiger partial charge in [0.25, 0.3) is 0 Å². The van der Waals surface area contributed by atoms with Gasteiger partial charge >= 0.3 is 35.2 Å². The number of Topliss-reactive ketones (excluding diaryl/α,β-unsaturated/α-hetero) is 1. The minimum absolute atomic E-state index is 0. The summed E-state index contributed by atoms with van der Waals surface area (Å²) in [6.07, 6.45) is 0. The summed E-state index contributed by atoms with van der Waals surface area (Å²) in [5, 5.41) is 0. The molecule has 0 atom stereocenters. The quantitative estimate of drug-likeness (QED) is 0.262. The third-order valence-corrected chi connectivity index (χ3v) is 0.830. The molecular weight excluding hydrogens is 171 g/mol. The zero-order chi connectivity index (χ0) is 8.36. The molecule has 8 heteroatoms. The van der Waals surface area contributed by atoms with E-state index in [0.717, 1.165) is 6.92 Å². The van der Waals surface area contributed by atoms with Crippen LogP contribution in [0.15, 0.2) is 0 Å². The van der Waals surface area contributed by atoms with Crippen LogP contribution in [0.3, 0.4) is 0 Å². The molecule has 0 saturated carbocycles. The van der Waals surface area contributed by atoms with Crippen LogP contribution in [0, 0.1) is 0 Å². The molecule has 0 unspecified atom stereocenters. The Morgan fingerprint density at radius 1 is 1.45 bits per heavy atom. The molecule has 0 radical (unpaired) electrons. The summed E-state index contributed by atoms with van der Waals surface area (Å²) in [7, 11) is -4.84. The average Bonchev–Trinajstić information content (AvgIpc) is 1.60. The van der Waals surface area contributed by atoms with Crippen LogP contribution >= 0.6 is 0 Å². The van der Waals surface area contributed by atoms with E-state index in [1.165, 1.54) is 0 Å². The van der Waals surface area contributed by atoms with Crippen LogP contribution in [0.25, 0.3) is 0 Å². The second-order valence-corrected chi connectivity index (χ2v) is 2.38. The minimum Gasteiger partial charge on any atom is -1.00 e. The topological polar surface area (TPSA) is 97.7 Å². The number of carbonyl (C=O) groups excluding carboxylic acids is 2. The molecule has 0 bridgehead atoms. The Bertz CT molecular complexity index is 258. The van der Waals surface area contributed by atoms with Gasteiger partial charge in [0.15, 0.2) is 0 Å². The number of hydrogen-bond acceptors (Lipinski definition) is 5. The maximum Gasteiger partial charge on any atom is 1.00 e. The molecule has 0 aromatic rings. The Morgan fingerprint density at radius 2 is 1.82 bits per heavy atom. The summed E-state index contributed by atoms with van der Waals surface area (Å²) < 4.78 is 30.5. The predicted octanol–water partition coefficient (Wildman–Crippen LogP) is -3.96. The van der Waals surface area contributed by atoms with Crippen LogP contribution in [0.5, 0.6) is 0 Å². The fraction of sp³-hybridized carbons (Fsp3) is 0.333. The van der Waals surface area contributed by atoms with Gasteiger partial charge in [0.05, 0.1) is 0 Å². The SMILES string of the molecule is CC(=O)C(=O)OS(=O)(=O)O.[H-].[Li+]. The normalized spacial score (nSPS) is 9.64. The molecule has 0 spiro atoms. The fourth-order valence-corrected chi connectivity index (χ4v) is 0.463. The number of hydrogen-bond donors (Lipinski definition) is 1. The van der Waals surface area contributed by atoms with Crippen molar-refractivity contribution in [3.05, 3.63) is 0 Å². The van der Waals surface area contributed by atoms with Crippen LogP contribution in [0.2, 0.25) is 0 Å². The predicted molar refractivity (Wildman–Crippen MR) is 29.4 cm³/mol. The molecule has 0 aromatic carbocycles. The van der Waals surface area contributed by atoms with E-state index in [9.17, 15) is 18.0 Å². The molecule has 0 fully saturated rings. The van der Waals surface area contributed by atoms with Crippen molar-refractivity contribution < 1.29 is 47.0 Å². The van der Waals surface area contributed by atoms with E-state index in [1.54, 1.807) is 0 Å². The third-order valence-electron chi connectivity index (χ3n) is 0.468. The van der Waals surface area contributed by atoms with Crippen LogP contribution in [0.4, 0.5) is 0 Å². The van der Waals surface area contributed by atoms with Gasteiger partial charge in [-0.25, -0.2) is 4.79 Å². The van der Waals surface area contributed by atoms with Gasteiger partial charge < -0.3 is 5.61 Å². The van der Waals surface area contributed by atoms with Crippen LogP contribution in [-0.2, 0) is 24.2 Å². The Hall–Kier alpha value is -0.353. The monoisotopic (exact) mass is 176 g/mol. The second-order valence-electron chi connectivity index (χ2n) is 1.35. The van der Waals surface area contributed by atoms with Crippen molar-refractivity contribution in [1.82, 2.24) is 0 Å². The maximum atomic E-state index is 10.0. The van der Waals surface area contributed by atoms with Crippen LogP contribution < -0.4 is 18.9 Å². The number of rotatable bonds is 2. The molecule has 6 nitrogen and oxygen atoms in total. The van der Waals surface area contributed by atoms with Gasteiger partial charge in [-0.15, -0.1) is 0 Å². The summed E-state index contributed by atoms with van der Waals surface area (Å²) in [4.78, 5) is 20.0. The van der Waals surface area contributed by atoms with Crippen molar-refractivity contribution in [3.8, 4) is 0 Å². The van der Waals surface area contributed by atoms with E-state index in [0.29, 0.717) is 0 Å². The third kappa shape index (κ3) is 7.55. The van der Waals surface area contributed by atoms with E-state index in [-0.39, 0.29) is 20.3 Å². The zero-order valence-electron chi connectivity index (χ0n) is 6.90. The first-order valence-electron chi connectivity index (χ1n) is 2.04. The molecule has 0 saturated heterocycles. The van der Waals surface area contributed by atoms with Crippen LogP contribution in [-0.4, -0.2) is 24.7 Å². The van der Waals surface area contributed by atoms with Gasteiger partial charge in [0.2, 0.25) is 5.78 Å². The summed E-state index contributed by atoms with van der Waals surface area (Å²) in [5.74, 6) is -2.71. The molecule has 0 aliphatic rings. The van der Waals surface area contributed by atoms with Crippen molar-refractivity contribution in [2.75, 3.05) is 0 Å². The summed E-state index contributed by atoms with van der Waals surface area (Å²) in [6.45, 7) is 0.813. The van der Waals surface area contributed by atoms with Gasteiger partial charge in [-0.2, -0.15) is 8.42 Å². The van der Waals surface area contributed by atoms with Crippen molar-refractivity contribution in [1.29, 1.82) is 0 Å². The van der Waals surface area contributed by atoms with Crippen molar-refractivity contribution in [2.45, 2.75) is 6.92 Å². The minimum atomic E-state index is -4.84. The van der Waals surface area contributed by atoms with E-state index in [1.807, 2.05) is 0 Å². The molecule has 0 aromatic heterocycles. The molecule has 60 valence electrons. The Balaban J connectivity index is -0.000000405. The first-order valence-corrected chi connectivity index (χ1v) is 3.41. The standard InChI is InChI=1S/C3H4O6S.Li.H/c1-2(4)3(5)9-10(6,7)8;;/h1H3,(H,6,7,8);;/q;+1;-1. The van der Waals surface area contributed by atoms with E-state index >= 15 is 0 Å². The van der Waals surface area contributed by atoms with E-state index in [2.05, 4.69) is 4.18 Å².